The summed E-state index contributed by atoms with van der Waals surface area (Å²) in [4.78, 5) is 13.1. The molecule has 36 heavy (non-hydrogen) atoms. The van der Waals surface area contributed by atoms with Gasteiger partial charge in [-0.3, -0.25) is 9.10 Å². The number of furan rings is 1. The van der Waals surface area contributed by atoms with Gasteiger partial charge in [0.15, 0.2) is 0 Å². The third kappa shape index (κ3) is 4.87. The van der Waals surface area contributed by atoms with E-state index >= 15 is 0 Å². The molecule has 3 aromatic rings. The van der Waals surface area contributed by atoms with Crippen molar-refractivity contribution in [1.82, 2.24) is 5.32 Å². The highest BCUT2D eigenvalue weighted by atomic mass is 32.2. The molecule has 2 aliphatic rings. The maximum Gasteiger partial charge on any atom is 0.454 e. The van der Waals surface area contributed by atoms with Gasteiger partial charge in [-0.25, -0.2) is 12.8 Å². The third-order valence-electron chi connectivity index (χ3n) is 6.68. The Bertz CT molecular complexity index is 1400. The van der Waals surface area contributed by atoms with Crippen LogP contribution in [-0.2, 0) is 14.7 Å². The zero-order valence-electron chi connectivity index (χ0n) is 20.2. The van der Waals surface area contributed by atoms with E-state index in [-0.39, 0.29) is 30.9 Å². The standard InChI is InChI=1S/C25H28BFN2O6S/c1-3-28-25(30)23-20-10-19(16-4-5-16)21(29(36(2,32)33)13-15-12-26(31)34-14-15)11-22(20)35-24(23)17-6-8-18(27)9-7-17/h6-11,15-16,31H,3-5,12-14H2,1-2H3,(H,28,30). The second-order valence-corrected chi connectivity index (χ2v) is 11.4. The van der Waals surface area contributed by atoms with E-state index in [0.29, 0.717) is 46.4 Å². The lowest BCUT2D eigenvalue weighted by atomic mass is 9.82. The zero-order chi connectivity index (χ0) is 25.6. The van der Waals surface area contributed by atoms with Gasteiger partial charge in [0.2, 0.25) is 10.0 Å². The van der Waals surface area contributed by atoms with Crippen LogP contribution >= 0.6 is 0 Å². The number of amides is 1. The van der Waals surface area contributed by atoms with Gasteiger partial charge in [-0.1, -0.05) is 0 Å². The Morgan fingerprint density at radius 2 is 1.97 bits per heavy atom. The van der Waals surface area contributed by atoms with Gasteiger partial charge in [0.1, 0.15) is 17.2 Å². The molecule has 1 saturated heterocycles. The number of halogens is 1. The van der Waals surface area contributed by atoms with Crippen LogP contribution < -0.4 is 9.62 Å². The second kappa shape index (κ2) is 9.53. The normalized spacial score (nSPS) is 18.1. The van der Waals surface area contributed by atoms with Crippen molar-refractivity contribution in [3.63, 3.8) is 0 Å². The predicted molar refractivity (Wildman–Crippen MR) is 136 cm³/mol. The molecule has 2 aromatic carbocycles. The van der Waals surface area contributed by atoms with Crippen molar-refractivity contribution in [1.29, 1.82) is 0 Å². The molecule has 1 aliphatic carbocycles. The average molecular weight is 514 g/mol. The first-order chi connectivity index (χ1) is 17.2. The van der Waals surface area contributed by atoms with Crippen molar-refractivity contribution in [2.45, 2.75) is 32.0 Å². The third-order valence-corrected chi connectivity index (χ3v) is 7.82. The SMILES string of the molecule is CCNC(=O)c1c(-c2ccc(F)cc2)oc2cc(N(CC3COB(O)C3)S(C)(=O)=O)c(C3CC3)cc12. The highest BCUT2D eigenvalue weighted by Crippen LogP contribution is 2.48. The summed E-state index contributed by atoms with van der Waals surface area (Å²) in [6, 6.07) is 9.25. The minimum atomic E-state index is -3.67. The molecular formula is C25H28BFN2O6S. The van der Waals surface area contributed by atoms with Crippen LogP contribution in [0, 0.1) is 11.7 Å². The van der Waals surface area contributed by atoms with E-state index in [9.17, 15) is 22.6 Å². The lowest BCUT2D eigenvalue weighted by Crippen LogP contribution is -2.35. The molecule has 190 valence electrons. The molecule has 2 heterocycles. The maximum atomic E-state index is 13.6. The number of carbonyl (C=O) groups excluding carboxylic acids is 1. The van der Waals surface area contributed by atoms with Gasteiger partial charge >= 0.3 is 7.12 Å². The molecular weight excluding hydrogens is 486 g/mol. The second-order valence-electron chi connectivity index (χ2n) is 9.54. The first-order valence-corrected chi connectivity index (χ1v) is 13.9. The van der Waals surface area contributed by atoms with Crippen LogP contribution in [0.2, 0.25) is 6.32 Å². The lowest BCUT2D eigenvalue weighted by Gasteiger charge is -2.27. The number of nitrogens with one attached hydrogen (secondary N) is 1. The van der Waals surface area contributed by atoms with Crippen molar-refractivity contribution in [3.05, 3.63) is 53.3 Å². The summed E-state index contributed by atoms with van der Waals surface area (Å²) in [5.74, 6) is -0.409. The zero-order valence-corrected chi connectivity index (χ0v) is 21.0. The number of hydrogen-bond acceptors (Lipinski definition) is 6. The molecule has 1 atom stereocenters. The summed E-state index contributed by atoms with van der Waals surface area (Å²) in [6.45, 7) is 2.67. The molecule has 1 saturated carbocycles. The monoisotopic (exact) mass is 514 g/mol. The van der Waals surface area contributed by atoms with Crippen LogP contribution in [0.4, 0.5) is 10.1 Å². The van der Waals surface area contributed by atoms with Gasteiger partial charge in [0.05, 0.1) is 17.5 Å². The lowest BCUT2D eigenvalue weighted by molar-refractivity contribution is 0.0957. The summed E-state index contributed by atoms with van der Waals surface area (Å²) in [5, 5.41) is 13.2. The van der Waals surface area contributed by atoms with Crippen LogP contribution in [0.3, 0.4) is 0 Å². The molecule has 2 N–H and O–H groups in total. The van der Waals surface area contributed by atoms with Crippen molar-refractivity contribution in [2.75, 3.05) is 30.3 Å². The van der Waals surface area contributed by atoms with Gasteiger partial charge in [-0.2, -0.15) is 0 Å². The summed E-state index contributed by atoms with van der Waals surface area (Å²) in [5.41, 5.74) is 2.59. The number of rotatable bonds is 8. The van der Waals surface area contributed by atoms with Gasteiger partial charge in [0.25, 0.3) is 5.91 Å². The largest absolute Gasteiger partial charge is 0.455 e. The van der Waals surface area contributed by atoms with Gasteiger partial charge in [-0.05, 0) is 73.8 Å². The number of nitrogens with zero attached hydrogens (tertiary/aromatic N) is 1. The predicted octanol–water partition coefficient (Wildman–Crippen LogP) is 3.76. The Labute approximate surface area is 209 Å². The van der Waals surface area contributed by atoms with Crippen LogP contribution in [-0.4, -0.2) is 52.4 Å². The Hall–Kier alpha value is -2.89. The smallest absolute Gasteiger partial charge is 0.454 e. The van der Waals surface area contributed by atoms with Gasteiger partial charge < -0.3 is 19.4 Å². The van der Waals surface area contributed by atoms with E-state index in [1.165, 1.54) is 16.4 Å². The Balaban J connectivity index is 1.69. The van der Waals surface area contributed by atoms with E-state index < -0.39 is 23.0 Å². The number of fused-ring (bicyclic) bond motifs is 1. The molecule has 1 unspecified atom stereocenters. The highest BCUT2D eigenvalue weighted by molar-refractivity contribution is 7.92. The Morgan fingerprint density at radius 3 is 2.56 bits per heavy atom. The molecule has 2 fully saturated rings. The first-order valence-electron chi connectivity index (χ1n) is 12.1. The number of sulfonamides is 1. The summed E-state index contributed by atoms with van der Waals surface area (Å²) >= 11 is 0. The minimum Gasteiger partial charge on any atom is -0.455 e. The van der Waals surface area contributed by atoms with Crippen LogP contribution in [0.25, 0.3) is 22.3 Å². The van der Waals surface area contributed by atoms with Crippen LogP contribution in [0.1, 0.15) is 41.6 Å². The molecule has 0 radical (unpaired) electrons. The van der Waals surface area contributed by atoms with Crippen molar-refractivity contribution >= 4 is 39.7 Å². The average Bonchev–Trinajstić information content (AvgIpc) is 3.48. The van der Waals surface area contributed by atoms with E-state index in [4.69, 9.17) is 9.07 Å². The highest BCUT2D eigenvalue weighted by Gasteiger charge is 2.36. The topological polar surface area (TPSA) is 109 Å². The molecule has 8 nitrogen and oxygen atoms in total. The fourth-order valence-electron chi connectivity index (χ4n) is 4.81. The molecule has 1 amide bonds. The number of anilines is 1. The number of hydrogen-bond donors (Lipinski definition) is 2. The molecule has 5 rings (SSSR count). The van der Waals surface area contributed by atoms with E-state index in [1.807, 2.05) is 13.0 Å². The van der Waals surface area contributed by atoms with Gasteiger partial charge in [0, 0.05) is 36.7 Å². The quantitative estimate of drug-likeness (QED) is 0.444. The fraction of sp³-hybridized carbons (Fsp3) is 0.400. The summed E-state index contributed by atoms with van der Waals surface area (Å²) < 4.78 is 52.2. The van der Waals surface area contributed by atoms with E-state index in [2.05, 4.69) is 5.32 Å². The molecule has 1 aliphatic heterocycles. The fourth-order valence-corrected chi connectivity index (χ4v) is 5.80. The summed E-state index contributed by atoms with van der Waals surface area (Å²) in [7, 11) is -4.57. The molecule has 0 bridgehead atoms. The number of benzene rings is 2. The van der Waals surface area contributed by atoms with Crippen molar-refractivity contribution in [3.8, 4) is 11.3 Å². The van der Waals surface area contributed by atoms with Crippen LogP contribution in [0.5, 0.6) is 0 Å². The maximum absolute atomic E-state index is 13.6. The molecule has 0 spiro atoms. The van der Waals surface area contributed by atoms with E-state index in [1.54, 1.807) is 18.2 Å². The minimum absolute atomic E-state index is 0.158. The van der Waals surface area contributed by atoms with Crippen molar-refractivity contribution < 1.29 is 31.7 Å². The molecule has 11 heteroatoms. The first kappa shape index (κ1) is 24.8. The van der Waals surface area contributed by atoms with E-state index in [0.717, 1.165) is 24.7 Å². The molecule has 1 aromatic heterocycles. The van der Waals surface area contributed by atoms with Crippen LogP contribution in [0.15, 0.2) is 40.8 Å². The summed E-state index contributed by atoms with van der Waals surface area (Å²) in [6.07, 6.45) is 3.34. The Morgan fingerprint density at radius 1 is 1.25 bits per heavy atom. The Kier molecular flexibility index (Phi) is 6.56. The number of carbonyl (C=O) groups is 1. The van der Waals surface area contributed by atoms with Crippen molar-refractivity contribution in [2.24, 2.45) is 5.92 Å². The van der Waals surface area contributed by atoms with Gasteiger partial charge in [-0.15, -0.1) is 0 Å².